The van der Waals surface area contributed by atoms with E-state index in [0.29, 0.717) is 34.6 Å². The van der Waals surface area contributed by atoms with Gasteiger partial charge in [-0.2, -0.15) is 0 Å². The van der Waals surface area contributed by atoms with E-state index in [2.05, 4.69) is 10.6 Å². The number of ether oxygens (including phenoxy) is 1. The van der Waals surface area contributed by atoms with E-state index in [-0.39, 0.29) is 12.8 Å². The number of amides is 5. The summed E-state index contributed by atoms with van der Waals surface area (Å²) in [6, 6.07) is 8.10. The second kappa shape index (κ2) is 9.43. The Morgan fingerprint density at radius 3 is 2.55 bits per heavy atom. The van der Waals surface area contributed by atoms with Crippen molar-refractivity contribution in [2.75, 3.05) is 18.9 Å². The summed E-state index contributed by atoms with van der Waals surface area (Å²) in [6.45, 7) is -0.688. The van der Waals surface area contributed by atoms with Gasteiger partial charge in [-0.25, -0.2) is 23.7 Å². The molecule has 2 aliphatic heterocycles. The van der Waals surface area contributed by atoms with E-state index in [1.807, 2.05) is 0 Å². The first-order valence-electron chi connectivity index (χ1n) is 12.1. The number of likely N-dealkylation sites (tertiary alicyclic amines) is 1. The minimum absolute atomic E-state index is 0.167. The fourth-order valence-corrected chi connectivity index (χ4v) is 5.55. The number of carbonyl (C=O) groups excluding carboxylic acids is 4. The number of hydrogen-bond donors (Lipinski definition) is 3. The zero-order valence-corrected chi connectivity index (χ0v) is 20.4. The van der Waals surface area contributed by atoms with Crippen LogP contribution in [0.2, 0.25) is 0 Å². The maximum Gasteiger partial charge on any atom is 0.418 e. The van der Waals surface area contributed by atoms with Gasteiger partial charge in [0.25, 0.3) is 5.91 Å². The Balaban J connectivity index is 1.38. The molecular formula is C26H25FN4O7. The Labute approximate surface area is 216 Å². The molecule has 12 heteroatoms. The number of carbonyl (C=O) groups is 5. The van der Waals surface area contributed by atoms with Crippen molar-refractivity contribution in [2.24, 2.45) is 0 Å². The summed E-state index contributed by atoms with van der Waals surface area (Å²) in [5.74, 6) is -3.11. The second-order valence-corrected chi connectivity index (χ2v) is 9.46. The highest BCUT2D eigenvalue weighted by Gasteiger charge is 2.59. The van der Waals surface area contributed by atoms with Crippen LogP contribution in [0.3, 0.4) is 0 Å². The number of anilines is 1. The van der Waals surface area contributed by atoms with Gasteiger partial charge >= 0.3 is 18.1 Å². The van der Waals surface area contributed by atoms with E-state index < -0.39 is 60.0 Å². The molecule has 1 spiro atoms. The van der Waals surface area contributed by atoms with E-state index in [1.165, 1.54) is 31.3 Å². The summed E-state index contributed by atoms with van der Waals surface area (Å²) in [4.78, 5) is 65.2. The number of aliphatic carboxylic acids is 1. The zero-order valence-electron chi connectivity index (χ0n) is 20.4. The number of rotatable bonds is 5. The van der Waals surface area contributed by atoms with Crippen LogP contribution in [0.4, 0.5) is 19.7 Å². The molecule has 198 valence electrons. The SMILES string of the molecule is CNC(=O)Nc1ccc2c(c1)CC[C@@]21OC(=O)N(CC(=O)N2[C@H](C(=O)O)CC[C@H]2c2ccc(F)cc2)C1=O. The van der Waals surface area contributed by atoms with Crippen LogP contribution >= 0.6 is 0 Å². The number of hydrogen-bond acceptors (Lipinski definition) is 6. The van der Waals surface area contributed by atoms with Gasteiger partial charge in [-0.05, 0) is 54.7 Å². The molecule has 0 bridgehead atoms. The molecule has 2 fully saturated rings. The molecule has 2 heterocycles. The normalized spacial score (nSPS) is 23.9. The van der Waals surface area contributed by atoms with Crippen molar-refractivity contribution < 1.29 is 38.2 Å². The quantitative estimate of drug-likeness (QED) is 0.545. The van der Waals surface area contributed by atoms with Crippen LogP contribution in [-0.2, 0) is 31.1 Å². The van der Waals surface area contributed by atoms with Gasteiger partial charge in [0.05, 0.1) is 6.04 Å². The predicted octanol–water partition coefficient (Wildman–Crippen LogP) is 2.51. The summed E-state index contributed by atoms with van der Waals surface area (Å²) >= 11 is 0. The van der Waals surface area contributed by atoms with Gasteiger partial charge in [0.1, 0.15) is 18.4 Å². The minimum Gasteiger partial charge on any atom is -0.480 e. The third kappa shape index (κ3) is 4.11. The maximum absolute atomic E-state index is 13.5. The van der Waals surface area contributed by atoms with Gasteiger partial charge < -0.3 is 25.4 Å². The largest absolute Gasteiger partial charge is 0.480 e. The molecule has 2 aromatic carbocycles. The highest BCUT2D eigenvalue weighted by atomic mass is 19.1. The maximum atomic E-state index is 13.5. The van der Waals surface area contributed by atoms with Crippen molar-refractivity contribution in [3.63, 3.8) is 0 Å². The van der Waals surface area contributed by atoms with Crippen molar-refractivity contribution >= 4 is 35.6 Å². The van der Waals surface area contributed by atoms with E-state index in [4.69, 9.17) is 4.74 Å². The summed E-state index contributed by atoms with van der Waals surface area (Å²) in [6.07, 6.45) is 0.0787. The van der Waals surface area contributed by atoms with Gasteiger partial charge in [-0.1, -0.05) is 18.2 Å². The van der Waals surface area contributed by atoms with Gasteiger partial charge in [0.15, 0.2) is 0 Å². The van der Waals surface area contributed by atoms with Crippen LogP contribution in [0.15, 0.2) is 42.5 Å². The summed E-state index contributed by atoms with van der Waals surface area (Å²) in [5, 5.41) is 14.8. The van der Waals surface area contributed by atoms with Crippen LogP contribution < -0.4 is 10.6 Å². The Hall–Kier alpha value is -4.48. The number of urea groups is 1. The molecule has 3 atom stereocenters. The molecule has 0 radical (unpaired) electrons. The first kappa shape index (κ1) is 25.2. The Morgan fingerprint density at radius 2 is 1.87 bits per heavy atom. The second-order valence-electron chi connectivity index (χ2n) is 9.46. The van der Waals surface area contributed by atoms with E-state index in [9.17, 15) is 33.5 Å². The lowest BCUT2D eigenvalue weighted by Crippen LogP contribution is -2.48. The van der Waals surface area contributed by atoms with Crippen LogP contribution in [0.1, 0.15) is 42.0 Å². The van der Waals surface area contributed by atoms with Crippen molar-refractivity contribution in [3.05, 3.63) is 65.0 Å². The Kier molecular flexibility index (Phi) is 6.25. The average Bonchev–Trinajstić information content (AvgIpc) is 3.56. The molecule has 2 saturated heterocycles. The number of halogens is 1. The molecule has 0 saturated carbocycles. The zero-order chi connectivity index (χ0) is 27.2. The lowest BCUT2D eigenvalue weighted by molar-refractivity contribution is -0.151. The van der Waals surface area contributed by atoms with Gasteiger partial charge in [0, 0.05) is 24.7 Å². The molecule has 3 N–H and O–H groups in total. The van der Waals surface area contributed by atoms with Gasteiger partial charge in [-0.15, -0.1) is 0 Å². The standard InChI is InChI=1S/C26H25FN4O7/c1-28-24(36)29-17-6-7-18-15(12-17)10-11-26(18)23(35)30(25(37)38-26)13-21(32)31-19(8-9-20(31)22(33)34)14-2-4-16(27)5-3-14/h2-7,12,19-20H,8-11,13H2,1H3,(H,33,34)(H2,28,29,36)/t19-,20-,26+/m0/s1. The third-order valence-electron chi connectivity index (χ3n) is 7.35. The summed E-state index contributed by atoms with van der Waals surface area (Å²) in [7, 11) is 1.48. The Morgan fingerprint density at radius 1 is 1.13 bits per heavy atom. The number of nitrogens with zero attached hydrogens (tertiary/aromatic N) is 2. The lowest BCUT2D eigenvalue weighted by Gasteiger charge is -2.30. The molecular weight excluding hydrogens is 499 g/mol. The molecule has 2 aromatic rings. The number of fused-ring (bicyclic) bond motifs is 2. The molecule has 11 nitrogen and oxygen atoms in total. The van der Waals surface area contributed by atoms with E-state index >= 15 is 0 Å². The number of benzene rings is 2. The first-order chi connectivity index (χ1) is 18.1. The number of imide groups is 1. The third-order valence-corrected chi connectivity index (χ3v) is 7.35. The number of carboxylic acid groups (broad SMARTS) is 1. The molecule has 38 heavy (non-hydrogen) atoms. The van der Waals surface area contributed by atoms with E-state index in [1.54, 1.807) is 18.2 Å². The smallest absolute Gasteiger partial charge is 0.418 e. The van der Waals surface area contributed by atoms with Crippen LogP contribution in [0.5, 0.6) is 0 Å². The molecule has 5 amide bonds. The highest BCUT2D eigenvalue weighted by Crippen LogP contribution is 2.46. The predicted molar refractivity (Wildman–Crippen MR) is 129 cm³/mol. The topological polar surface area (TPSA) is 145 Å². The number of aryl methyl sites for hydroxylation is 1. The van der Waals surface area contributed by atoms with E-state index in [0.717, 1.165) is 10.5 Å². The number of carboxylic acids is 1. The molecule has 1 aliphatic carbocycles. The van der Waals surface area contributed by atoms with Crippen molar-refractivity contribution in [2.45, 2.75) is 43.4 Å². The summed E-state index contributed by atoms with van der Waals surface area (Å²) < 4.78 is 19.0. The number of nitrogens with one attached hydrogen (secondary N) is 2. The van der Waals surface area contributed by atoms with Crippen molar-refractivity contribution in [1.29, 1.82) is 0 Å². The monoisotopic (exact) mass is 524 g/mol. The fourth-order valence-electron chi connectivity index (χ4n) is 5.55. The van der Waals surface area contributed by atoms with Crippen molar-refractivity contribution in [3.8, 4) is 0 Å². The first-order valence-corrected chi connectivity index (χ1v) is 12.1. The van der Waals surface area contributed by atoms with Gasteiger partial charge in [-0.3, -0.25) is 9.59 Å². The van der Waals surface area contributed by atoms with Crippen LogP contribution in [-0.4, -0.2) is 64.4 Å². The minimum atomic E-state index is -1.59. The molecule has 5 rings (SSSR count). The van der Waals surface area contributed by atoms with Crippen molar-refractivity contribution in [1.82, 2.24) is 15.1 Å². The summed E-state index contributed by atoms with van der Waals surface area (Å²) in [5.41, 5.74) is 0.661. The van der Waals surface area contributed by atoms with Crippen LogP contribution in [0, 0.1) is 5.82 Å². The average molecular weight is 525 g/mol. The van der Waals surface area contributed by atoms with Crippen LogP contribution in [0.25, 0.3) is 0 Å². The molecule has 0 aromatic heterocycles. The highest BCUT2D eigenvalue weighted by molar-refractivity contribution is 6.06. The fraction of sp³-hybridized carbons (Fsp3) is 0.346. The molecule has 3 aliphatic rings. The Bertz CT molecular complexity index is 1350. The van der Waals surface area contributed by atoms with Gasteiger partial charge in [0.2, 0.25) is 11.5 Å². The molecule has 0 unspecified atom stereocenters. The lowest BCUT2D eigenvalue weighted by atomic mass is 9.94.